The molecule has 13 heteroatoms. The normalized spacial score (nSPS) is 13.3. The zero-order chi connectivity index (χ0) is 32.3. The molecule has 0 fully saturated rings. The van der Waals surface area contributed by atoms with Gasteiger partial charge in [-0.3, -0.25) is 0 Å². The van der Waals surface area contributed by atoms with E-state index in [1.54, 1.807) is 91.0 Å². The third-order valence-electron chi connectivity index (χ3n) is 5.63. The van der Waals surface area contributed by atoms with Gasteiger partial charge >= 0.3 is 21.7 Å². The molecule has 0 aliphatic rings. The Balaban J connectivity index is 0.000000608. The Labute approximate surface area is 296 Å². The van der Waals surface area contributed by atoms with E-state index in [-0.39, 0.29) is 21.7 Å². The summed E-state index contributed by atoms with van der Waals surface area (Å²) < 4.78 is -4.12. The summed E-state index contributed by atoms with van der Waals surface area (Å²) in [6.45, 7) is 4.30. The molecule has 0 aromatic heterocycles. The second-order valence-electron chi connectivity index (χ2n) is 9.36. The van der Waals surface area contributed by atoms with Crippen LogP contribution in [-0.2, 0) is 36.1 Å². The molecule has 0 aliphatic carbocycles. The van der Waals surface area contributed by atoms with Crippen molar-refractivity contribution in [2.45, 2.75) is 51.5 Å². The third-order valence-corrected chi connectivity index (χ3v) is 6.94. The fourth-order valence-electron chi connectivity index (χ4n) is 3.84. The molecule has 3 aromatic rings. The average Bonchev–Trinajstić information content (AvgIpc) is 2.83. The second-order valence-corrected chi connectivity index (χ2v) is 14.6. The van der Waals surface area contributed by atoms with E-state index in [1.807, 2.05) is 0 Å². The summed E-state index contributed by atoms with van der Waals surface area (Å²) in [6, 6.07) is 25.7. The maximum absolute atomic E-state index is 10.9. The number of carboxylic acid groups (broad SMARTS) is 3. The van der Waals surface area contributed by atoms with Crippen molar-refractivity contribution in [2.75, 3.05) is 0 Å². The molecule has 0 heterocycles. The molecule has 229 valence electrons. The topological polar surface area (TPSA) is 120 Å². The van der Waals surface area contributed by atoms with Crippen molar-refractivity contribution >= 4 is 87.5 Å². The van der Waals surface area contributed by atoms with Gasteiger partial charge in [0.1, 0.15) is 13.0 Å². The van der Waals surface area contributed by atoms with E-state index in [0.717, 1.165) is 0 Å². The molecular weight excluding hydrogens is 717 g/mol. The molecule has 0 amide bonds. The number of aliphatic carboxylic acids is 3. The second kappa shape index (κ2) is 18.5. The van der Waals surface area contributed by atoms with Crippen LogP contribution in [0.5, 0.6) is 0 Å². The number of carbonyl (C=O) groups is 3. The monoisotopic (exact) mass is 741 g/mol. The van der Waals surface area contributed by atoms with Crippen molar-refractivity contribution in [1.82, 2.24) is 0 Å². The Kier molecular flexibility index (Phi) is 17.8. The van der Waals surface area contributed by atoms with Crippen molar-refractivity contribution in [3.05, 3.63) is 108 Å². The minimum atomic E-state index is -1.37. The van der Waals surface area contributed by atoms with Crippen LogP contribution in [0.15, 0.2) is 91.0 Å². The van der Waals surface area contributed by atoms with Crippen molar-refractivity contribution < 1.29 is 51.4 Å². The smallest absolute Gasteiger partial charge is 0.549 e. The molecule has 0 saturated heterocycles. The van der Waals surface area contributed by atoms with Crippen molar-refractivity contribution in [3.63, 3.8) is 0 Å². The SMILES string of the molecule is CC(Cl)(Cl)C(C(=O)[O-])c1ccccc1.CC(Cl)(Cl)C(C(=O)[O-])c1ccccc1.CC(Cl)(Cl)C(C(=O)[O-])c1ccccc1.[Ti+3]. The number of alkyl halides is 6. The maximum atomic E-state index is 10.9. The number of rotatable bonds is 9. The van der Waals surface area contributed by atoms with Gasteiger partial charge in [-0.05, 0) is 37.5 Å². The zero-order valence-corrected chi connectivity index (χ0v) is 29.2. The van der Waals surface area contributed by atoms with Gasteiger partial charge in [-0.15, -0.1) is 69.6 Å². The van der Waals surface area contributed by atoms with Crippen molar-refractivity contribution in [3.8, 4) is 0 Å². The molecule has 0 aliphatic heterocycles. The average molecular weight is 744 g/mol. The quantitative estimate of drug-likeness (QED) is 0.221. The van der Waals surface area contributed by atoms with Crippen molar-refractivity contribution in [1.29, 1.82) is 0 Å². The van der Waals surface area contributed by atoms with Crippen LogP contribution in [0.25, 0.3) is 0 Å². The molecule has 0 N–H and O–H groups in total. The number of benzene rings is 3. The number of hydrogen-bond donors (Lipinski definition) is 0. The molecule has 0 saturated carbocycles. The zero-order valence-electron chi connectivity index (χ0n) is 23.1. The van der Waals surface area contributed by atoms with E-state index in [9.17, 15) is 29.7 Å². The van der Waals surface area contributed by atoms with Gasteiger partial charge in [-0.25, -0.2) is 0 Å². The maximum Gasteiger partial charge on any atom is 3.00 e. The molecule has 0 bridgehead atoms. The van der Waals surface area contributed by atoms with Gasteiger partial charge in [0.2, 0.25) is 0 Å². The van der Waals surface area contributed by atoms with E-state index >= 15 is 0 Å². The van der Waals surface area contributed by atoms with E-state index in [1.165, 1.54) is 20.8 Å². The fourth-order valence-corrected chi connectivity index (χ4v) is 5.13. The van der Waals surface area contributed by atoms with Crippen LogP contribution in [0, 0.1) is 0 Å². The van der Waals surface area contributed by atoms with Crippen LogP contribution in [0.4, 0.5) is 0 Å². The van der Waals surface area contributed by atoms with Crippen LogP contribution in [0.2, 0.25) is 0 Å². The summed E-state index contributed by atoms with van der Waals surface area (Å²) in [5.74, 6) is -6.89. The van der Waals surface area contributed by atoms with Gasteiger partial charge in [0.15, 0.2) is 0 Å². The number of carbonyl (C=O) groups excluding carboxylic acids is 3. The summed E-state index contributed by atoms with van der Waals surface area (Å²) in [7, 11) is 0. The Bertz CT molecular complexity index is 1120. The number of hydrogen-bond acceptors (Lipinski definition) is 6. The first kappa shape index (κ1) is 41.5. The largest absolute Gasteiger partial charge is 3.00 e. The van der Waals surface area contributed by atoms with Gasteiger partial charge in [0.25, 0.3) is 0 Å². The molecule has 43 heavy (non-hydrogen) atoms. The molecule has 0 spiro atoms. The van der Waals surface area contributed by atoms with E-state index in [4.69, 9.17) is 69.6 Å². The van der Waals surface area contributed by atoms with E-state index < -0.39 is 48.7 Å². The minimum Gasteiger partial charge on any atom is -0.549 e. The molecule has 3 rings (SSSR count). The first-order valence-corrected chi connectivity index (χ1v) is 14.5. The molecule has 3 aromatic carbocycles. The summed E-state index contributed by atoms with van der Waals surface area (Å²) in [5, 5.41) is 32.6. The Morgan fingerprint density at radius 1 is 0.465 bits per heavy atom. The standard InChI is InChI=1S/3C10H10Cl2O2.Ti/c3*1-10(11,12)8(9(13)14)7-5-3-2-4-6-7;/h3*2-6,8H,1H3,(H,13,14);/q;;;+3/p-3. The molecule has 1 radical (unpaired) electrons. The van der Waals surface area contributed by atoms with Crippen LogP contribution in [-0.4, -0.2) is 30.9 Å². The van der Waals surface area contributed by atoms with Gasteiger partial charge in [0.05, 0.1) is 35.7 Å². The first-order chi connectivity index (χ1) is 19.3. The summed E-state index contributed by atoms with van der Waals surface area (Å²) >= 11 is 34.6. The first-order valence-electron chi connectivity index (χ1n) is 12.2. The third kappa shape index (κ3) is 14.4. The van der Waals surface area contributed by atoms with Crippen LogP contribution in [0.1, 0.15) is 55.2 Å². The number of carboxylic acids is 3. The summed E-state index contributed by atoms with van der Waals surface area (Å²) in [5.41, 5.74) is 1.63. The predicted octanol–water partition coefficient (Wildman–Crippen LogP) is 5.14. The minimum absolute atomic E-state index is 0. The Morgan fingerprint density at radius 3 is 0.744 bits per heavy atom. The van der Waals surface area contributed by atoms with Crippen LogP contribution >= 0.6 is 69.6 Å². The summed E-state index contributed by atoms with van der Waals surface area (Å²) in [6.07, 6.45) is 0. The molecule has 6 nitrogen and oxygen atoms in total. The van der Waals surface area contributed by atoms with Gasteiger partial charge < -0.3 is 29.7 Å². The summed E-state index contributed by atoms with van der Waals surface area (Å²) in [4.78, 5) is 32.6. The number of halogens is 6. The van der Waals surface area contributed by atoms with E-state index in [2.05, 4.69) is 0 Å². The van der Waals surface area contributed by atoms with Gasteiger partial charge in [-0.2, -0.15) is 0 Å². The van der Waals surface area contributed by atoms with Gasteiger partial charge in [-0.1, -0.05) is 91.0 Å². The molecular formula is C30H27Cl6O6Ti. The van der Waals surface area contributed by atoms with E-state index in [0.29, 0.717) is 16.7 Å². The van der Waals surface area contributed by atoms with Crippen LogP contribution in [0.3, 0.4) is 0 Å². The van der Waals surface area contributed by atoms with Crippen molar-refractivity contribution in [2.24, 2.45) is 0 Å². The molecule has 3 atom stereocenters. The fraction of sp³-hybridized carbons (Fsp3) is 0.300. The van der Waals surface area contributed by atoms with Gasteiger partial charge in [0, 0.05) is 0 Å². The molecule has 3 unspecified atom stereocenters. The Morgan fingerprint density at radius 2 is 0.628 bits per heavy atom. The Hall–Kier alpha value is -1.48. The predicted molar refractivity (Wildman–Crippen MR) is 163 cm³/mol. The van der Waals surface area contributed by atoms with Crippen LogP contribution < -0.4 is 15.3 Å².